The molecule has 6 nitrogen and oxygen atoms in total. The first-order valence-corrected chi connectivity index (χ1v) is 8.00. The van der Waals surface area contributed by atoms with E-state index in [1.807, 2.05) is 13.3 Å². The molecule has 0 bridgehead atoms. The minimum absolute atomic E-state index is 0.389. The largest absolute Gasteiger partial charge is 0.328 e. The summed E-state index contributed by atoms with van der Waals surface area (Å²) in [6.45, 7) is 6.77. The number of hydrogen-bond donors (Lipinski definition) is 0. The molecule has 1 aromatic carbocycles. The molecule has 0 atom stereocenters. The number of aromatic nitrogens is 4. The number of benzene rings is 1. The summed E-state index contributed by atoms with van der Waals surface area (Å²) in [7, 11) is 0. The van der Waals surface area contributed by atoms with E-state index >= 15 is 0 Å². The zero-order valence-corrected chi connectivity index (χ0v) is 13.9. The Hall–Kier alpha value is -2.89. The van der Waals surface area contributed by atoms with Crippen LogP contribution in [0.15, 0.2) is 46.9 Å². The molecule has 2 aromatic heterocycles. The Balaban J connectivity index is 1.66. The molecule has 0 amide bonds. The van der Waals surface area contributed by atoms with Gasteiger partial charge >= 0.3 is 0 Å². The molecule has 24 heavy (non-hydrogen) atoms. The van der Waals surface area contributed by atoms with Crippen molar-refractivity contribution in [3.8, 4) is 0 Å². The fraction of sp³-hybridized carbons (Fsp3) is 0.278. The van der Waals surface area contributed by atoms with Crippen LogP contribution in [0.2, 0.25) is 0 Å². The Labute approximate surface area is 140 Å². The fourth-order valence-corrected chi connectivity index (χ4v) is 2.77. The minimum Gasteiger partial charge on any atom is -0.328 e. The van der Waals surface area contributed by atoms with Crippen LogP contribution in [0.25, 0.3) is 11.0 Å². The van der Waals surface area contributed by atoms with Crippen LogP contribution in [0.1, 0.15) is 36.8 Å². The molecule has 0 fully saturated rings. The van der Waals surface area contributed by atoms with Gasteiger partial charge in [-0.1, -0.05) is 6.07 Å². The third-order valence-electron chi connectivity index (χ3n) is 4.09. The smallest absolute Gasteiger partial charge is 0.175 e. The summed E-state index contributed by atoms with van der Waals surface area (Å²) in [5.74, 6) is 0.644. The van der Waals surface area contributed by atoms with E-state index < -0.39 is 0 Å². The fourth-order valence-electron chi connectivity index (χ4n) is 2.77. The summed E-state index contributed by atoms with van der Waals surface area (Å²) >= 11 is 0. The molecule has 1 aliphatic rings. The molecule has 1 aliphatic heterocycles. The normalized spacial score (nSPS) is 14.3. The van der Waals surface area contributed by atoms with Gasteiger partial charge in [0.05, 0.1) is 41.5 Å². The highest BCUT2D eigenvalue weighted by Gasteiger charge is 2.16. The first kappa shape index (κ1) is 14.7. The lowest BCUT2D eigenvalue weighted by atomic mass is 10.1. The Morgan fingerprint density at radius 1 is 1.08 bits per heavy atom. The SMILES string of the molecule is Cc1cnc(C2=NCC(c3ccc4c(c3)ncn4C(C)C)=N2)cn1. The van der Waals surface area contributed by atoms with Gasteiger partial charge in [0.1, 0.15) is 5.69 Å². The lowest BCUT2D eigenvalue weighted by molar-refractivity contribution is 0.617. The summed E-state index contributed by atoms with van der Waals surface area (Å²) < 4.78 is 2.17. The predicted octanol–water partition coefficient (Wildman–Crippen LogP) is 2.97. The maximum absolute atomic E-state index is 4.64. The summed E-state index contributed by atoms with van der Waals surface area (Å²) in [5.41, 5.74) is 5.70. The maximum Gasteiger partial charge on any atom is 0.175 e. The van der Waals surface area contributed by atoms with E-state index in [1.165, 1.54) is 0 Å². The number of nitrogens with zero attached hydrogens (tertiary/aromatic N) is 6. The Morgan fingerprint density at radius 3 is 2.71 bits per heavy atom. The molecule has 0 unspecified atom stereocenters. The standard InChI is InChI=1S/C18H18N6/c1-11(2)24-10-22-14-6-13(4-5-17(14)24)15-8-21-18(23-15)16-9-19-12(3)7-20-16/h4-7,9-11H,8H2,1-3H3. The molecule has 0 spiro atoms. The van der Waals surface area contributed by atoms with E-state index in [4.69, 9.17) is 0 Å². The number of hydrogen-bond acceptors (Lipinski definition) is 5. The molecule has 0 aliphatic carbocycles. The van der Waals surface area contributed by atoms with Gasteiger partial charge in [0.2, 0.25) is 0 Å². The Morgan fingerprint density at radius 2 is 1.96 bits per heavy atom. The lowest BCUT2D eigenvalue weighted by Gasteiger charge is -2.08. The van der Waals surface area contributed by atoms with Gasteiger partial charge in [-0.05, 0) is 32.9 Å². The van der Waals surface area contributed by atoms with Crippen molar-refractivity contribution in [3.63, 3.8) is 0 Å². The van der Waals surface area contributed by atoms with E-state index in [0.717, 1.165) is 28.0 Å². The highest BCUT2D eigenvalue weighted by Crippen LogP contribution is 2.20. The zero-order chi connectivity index (χ0) is 16.7. The molecule has 4 rings (SSSR count). The molecule has 3 heterocycles. The number of imidazole rings is 1. The van der Waals surface area contributed by atoms with Crippen LogP contribution in [-0.2, 0) is 0 Å². The average Bonchev–Trinajstić information content (AvgIpc) is 3.22. The third kappa shape index (κ3) is 2.50. The molecule has 0 saturated heterocycles. The van der Waals surface area contributed by atoms with Gasteiger partial charge in [-0.25, -0.2) is 15.0 Å². The van der Waals surface area contributed by atoms with Crippen molar-refractivity contribution < 1.29 is 0 Å². The molecule has 0 saturated carbocycles. The zero-order valence-electron chi connectivity index (χ0n) is 13.9. The third-order valence-corrected chi connectivity index (χ3v) is 4.09. The second kappa shape index (κ2) is 5.63. The van der Waals surface area contributed by atoms with E-state index in [9.17, 15) is 0 Å². The van der Waals surface area contributed by atoms with E-state index in [0.29, 0.717) is 24.1 Å². The van der Waals surface area contributed by atoms with Gasteiger partial charge in [0, 0.05) is 17.8 Å². The topological polar surface area (TPSA) is 68.3 Å². The molecule has 0 radical (unpaired) electrons. The summed E-state index contributed by atoms with van der Waals surface area (Å²) in [4.78, 5) is 22.2. The number of aliphatic imine (C=N–C) groups is 2. The maximum atomic E-state index is 4.64. The van der Waals surface area contributed by atoms with Gasteiger partial charge in [-0.3, -0.25) is 9.98 Å². The van der Waals surface area contributed by atoms with Crippen LogP contribution in [-0.4, -0.2) is 37.6 Å². The monoisotopic (exact) mass is 318 g/mol. The van der Waals surface area contributed by atoms with Crippen molar-refractivity contribution >= 4 is 22.6 Å². The summed E-state index contributed by atoms with van der Waals surface area (Å²) in [6, 6.07) is 6.65. The molecular formula is C18H18N6. The minimum atomic E-state index is 0.389. The summed E-state index contributed by atoms with van der Waals surface area (Å²) in [6.07, 6.45) is 5.34. The highest BCUT2D eigenvalue weighted by molar-refractivity contribution is 6.17. The van der Waals surface area contributed by atoms with Gasteiger partial charge in [-0.15, -0.1) is 0 Å². The van der Waals surface area contributed by atoms with E-state index in [1.54, 1.807) is 12.4 Å². The van der Waals surface area contributed by atoms with Crippen LogP contribution in [0.4, 0.5) is 0 Å². The van der Waals surface area contributed by atoms with E-state index in [-0.39, 0.29) is 0 Å². The molecule has 6 heteroatoms. The molecule has 3 aromatic rings. The average molecular weight is 318 g/mol. The highest BCUT2D eigenvalue weighted by atomic mass is 15.1. The van der Waals surface area contributed by atoms with Crippen LogP contribution in [0.5, 0.6) is 0 Å². The van der Waals surface area contributed by atoms with Crippen LogP contribution < -0.4 is 0 Å². The quantitative estimate of drug-likeness (QED) is 0.745. The van der Waals surface area contributed by atoms with Gasteiger partial charge < -0.3 is 4.57 Å². The van der Waals surface area contributed by atoms with Crippen LogP contribution >= 0.6 is 0 Å². The van der Waals surface area contributed by atoms with Gasteiger partial charge in [-0.2, -0.15) is 0 Å². The Bertz CT molecular complexity index is 963. The lowest BCUT2D eigenvalue weighted by Crippen LogP contribution is -2.03. The van der Waals surface area contributed by atoms with Crippen molar-refractivity contribution in [2.24, 2.45) is 9.98 Å². The molecular weight excluding hydrogens is 300 g/mol. The van der Waals surface area contributed by atoms with Crippen molar-refractivity contribution in [1.29, 1.82) is 0 Å². The van der Waals surface area contributed by atoms with Crippen LogP contribution in [0, 0.1) is 6.92 Å². The predicted molar refractivity (Wildman–Crippen MR) is 94.8 cm³/mol. The number of fused-ring (bicyclic) bond motifs is 1. The van der Waals surface area contributed by atoms with Gasteiger partial charge in [0.25, 0.3) is 0 Å². The second-order valence-corrected chi connectivity index (χ2v) is 6.19. The van der Waals surface area contributed by atoms with Crippen molar-refractivity contribution in [1.82, 2.24) is 19.5 Å². The second-order valence-electron chi connectivity index (χ2n) is 6.19. The number of aryl methyl sites for hydroxylation is 1. The molecule has 0 N–H and O–H groups in total. The van der Waals surface area contributed by atoms with Crippen molar-refractivity contribution in [3.05, 3.63) is 53.9 Å². The van der Waals surface area contributed by atoms with E-state index in [2.05, 4.69) is 61.6 Å². The Kier molecular flexibility index (Phi) is 3.45. The van der Waals surface area contributed by atoms with Crippen molar-refractivity contribution in [2.75, 3.05) is 6.54 Å². The van der Waals surface area contributed by atoms with Gasteiger partial charge in [0.15, 0.2) is 5.84 Å². The number of amidine groups is 1. The molecule has 120 valence electrons. The summed E-state index contributed by atoms with van der Waals surface area (Å²) in [5, 5.41) is 0. The van der Waals surface area contributed by atoms with Crippen LogP contribution in [0.3, 0.4) is 0 Å². The van der Waals surface area contributed by atoms with Crippen molar-refractivity contribution in [2.45, 2.75) is 26.8 Å². The first-order chi connectivity index (χ1) is 11.6. The number of rotatable bonds is 3. The first-order valence-electron chi connectivity index (χ1n) is 8.00.